The highest BCUT2D eigenvalue weighted by Gasteiger charge is 2.18. The fraction of sp³-hybridized carbons (Fsp3) is 0.0435. The summed E-state index contributed by atoms with van der Waals surface area (Å²) < 4.78 is 6.58. The number of para-hydroxylation sites is 2. The number of carbonyl (C=O) groups excluding carboxylic acids is 1. The summed E-state index contributed by atoms with van der Waals surface area (Å²) in [6, 6.07) is 24.4. The highest BCUT2D eigenvalue weighted by Crippen LogP contribution is 2.27. The second kappa shape index (κ2) is 6.83. The number of rotatable bonds is 3. The highest BCUT2D eigenvalue weighted by molar-refractivity contribution is 6.09. The van der Waals surface area contributed by atoms with E-state index in [1.807, 2.05) is 78.9 Å². The third-order valence-corrected chi connectivity index (χ3v) is 4.88. The molecule has 0 amide bonds. The minimum atomic E-state index is -0.243. The van der Waals surface area contributed by atoms with Gasteiger partial charge in [0.05, 0.1) is 29.4 Å². The Morgan fingerprint density at radius 3 is 2.41 bits per heavy atom. The molecule has 0 aliphatic rings. The van der Waals surface area contributed by atoms with E-state index in [-0.39, 0.29) is 5.91 Å². The molecule has 6 heteroatoms. The Labute approximate surface area is 166 Å². The summed E-state index contributed by atoms with van der Waals surface area (Å²) in [5.74, 6) is 0.520. The maximum absolute atomic E-state index is 13.4. The first-order valence-corrected chi connectivity index (χ1v) is 9.14. The maximum Gasteiger partial charge on any atom is 0.280 e. The number of fused-ring (bicyclic) bond motifs is 2. The predicted octanol–water partition coefficient (Wildman–Crippen LogP) is 4.34. The lowest BCUT2D eigenvalue weighted by Gasteiger charge is -2.10. The zero-order valence-electron chi connectivity index (χ0n) is 15.6. The zero-order valence-corrected chi connectivity index (χ0v) is 15.6. The topological polar surface area (TPSA) is 69.9 Å². The average molecular weight is 380 g/mol. The van der Waals surface area contributed by atoms with Gasteiger partial charge < -0.3 is 4.74 Å². The summed E-state index contributed by atoms with van der Waals surface area (Å²) in [5.41, 5.74) is 4.22. The van der Waals surface area contributed by atoms with Gasteiger partial charge in [0.25, 0.3) is 5.91 Å². The molecule has 0 aliphatic heterocycles. The van der Waals surface area contributed by atoms with Crippen LogP contribution in [0.3, 0.4) is 0 Å². The molecule has 0 unspecified atom stereocenters. The van der Waals surface area contributed by atoms with Crippen LogP contribution in [-0.4, -0.2) is 33.0 Å². The zero-order chi connectivity index (χ0) is 19.8. The predicted molar refractivity (Wildman–Crippen MR) is 111 cm³/mol. The standard InChI is InChI=1S/C23H16N4O2/c1-29-16-12-10-15(11-13-16)21-14-18(17-6-2-3-7-19(17)24-21)23(28)27-22-9-5-4-8-20(22)25-26-27/h2-14H,1H3. The minimum Gasteiger partial charge on any atom is -0.497 e. The van der Waals surface area contributed by atoms with Crippen LogP contribution in [-0.2, 0) is 0 Å². The van der Waals surface area contributed by atoms with Crippen LogP contribution >= 0.6 is 0 Å². The van der Waals surface area contributed by atoms with Crippen LogP contribution in [0.25, 0.3) is 33.2 Å². The van der Waals surface area contributed by atoms with Crippen molar-refractivity contribution in [3.8, 4) is 17.0 Å². The molecule has 0 spiro atoms. The van der Waals surface area contributed by atoms with Gasteiger partial charge in [-0.05, 0) is 48.5 Å². The number of hydrogen-bond donors (Lipinski definition) is 0. The van der Waals surface area contributed by atoms with Crippen molar-refractivity contribution >= 4 is 27.8 Å². The quantitative estimate of drug-likeness (QED) is 0.466. The van der Waals surface area contributed by atoms with Gasteiger partial charge in [0.15, 0.2) is 0 Å². The molecule has 0 N–H and O–H groups in total. The lowest BCUT2D eigenvalue weighted by Crippen LogP contribution is -2.14. The Hall–Kier alpha value is -4.06. The van der Waals surface area contributed by atoms with Gasteiger partial charge in [-0.3, -0.25) is 4.79 Å². The van der Waals surface area contributed by atoms with E-state index in [4.69, 9.17) is 9.72 Å². The Bertz CT molecular complexity index is 1360. The van der Waals surface area contributed by atoms with E-state index in [0.717, 1.165) is 22.2 Å². The minimum absolute atomic E-state index is 0.243. The molecule has 0 saturated heterocycles. The lowest BCUT2D eigenvalue weighted by molar-refractivity contribution is 0.0949. The van der Waals surface area contributed by atoms with E-state index in [1.165, 1.54) is 4.68 Å². The van der Waals surface area contributed by atoms with Gasteiger partial charge in [-0.2, -0.15) is 4.68 Å². The molecule has 0 radical (unpaired) electrons. The van der Waals surface area contributed by atoms with Gasteiger partial charge in [-0.25, -0.2) is 4.98 Å². The molecule has 0 aliphatic carbocycles. The Morgan fingerprint density at radius 1 is 0.897 bits per heavy atom. The number of aromatic nitrogens is 4. The van der Waals surface area contributed by atoms with E-state index < -0.39 is 0 Å². The SMILES string of the molecule is COc1ccc(-c2cc(C(=O)n3nnc4ccccc43)c3ccccc3n2)cc1. The van der Waals surface area contributed by atoms with Gasteiger partial charge in [-0.15, -0.1) is 5.10 Å². The first-order chi connectivity index (χ1) is 14.2. The number of methoxy groups -OCH3 is 1. The molecule has 2 aromatic heterocycles. The monoisotopic (exact) mass is 380 g/mol. The molecule has 0 bridgehead atoms. The van der Waals surface area contributed by atoms with E-state index in [1.54, 1.807) is 7.11 Å². The third-order valence-electron chi connectivity index (χ3n) is 4.88. The first kappa shape index (κ1) is 17.1. The molecule has 0 atom stereocenters. The van der Waals surface area contributed by atoms with Crippen molar-refractivity contribution in [3.63, 3.8) is 0 Å². The second-order valence-corrected chi connectivity index (χ2v) is 6.60. The number of nitrogens with zero attached hydrogens (tertiary/aromatic N) is 4. The van der Waals surface area contributed by atoms with E-state index in [2.05, 4.69) is 10.3 Å². The summed E-state index contributed by atoms with van der Waals surface area (Å²) in [6.45, 7) is 0. The van der Waals surface area contributed by atoms with Crippen molar-refractivity contribution in [1.82, 2.24) is 20.0 Å². The summed E-state index contributed by atoms with van der Waals surface area (Å²) >= 11 is 0. The Morgan fingerprint density at radius 2 is 1.62 bits per heavy atom. The number of benzene rings is 3. The molecule has 6 nitrogen and oxygen atoms in total. The largest absolute Gasteiger partial charge is 0.497 e. The third kappa shape index (κ3) is 2.91. The number of ether oxygens (including phenoxy) is 1. The molecule has 2 heterocycles. The maximum atomic E-state index is 13.4. The normalized spacial score (nSPS) is 11.1. The van der Waals surface area contributed by atoms with Crippen molar-refractivity contribution in [3.05, 3.63) is 84.4 Å². The first-order valence-electron chi connectivity index (χ1n) is 9.14. The van der Waals surface area contributed by atoms with Gasteiger partial charge in [0.2, 0.25) is 0 Å². The van der Waals surface area contributed by atoms with Crippen LogP contribution in [0.4, 0.5) is 0 Å². The van der Waals surface area contributed by atoms with Gasteiger partial charge in [0, 0.05) is 10.9 Å². The number of carbonyl (C=O) groups is 1. The van der Waals surface area contributed by atoms with Crippen molar-refractivity contribution in [2.75, 3.05) is 7.11 Å². The fourth-order valence-electron chi connectivity index (χ4n) is 3.40. The van der Waals surface area contributed by atoms with Crippen LogP contribution < -0.4 is 4.74 Å². The molecule has 3 aromatic carbocycles. The van der Waals surface area contributed by atoms with Gasteiger partial charge >= 0.3 is 0 Å². The van der Waals surface area contributed by atoms with E-state index in [0.29, 0.717) is 22.3 Å². The van der Waals surface area contributed by atoms with Crippen LogP contribution in [0.1, 0.15) is 10.4 Å². The summed E-state index contributed by atoms with van der Waals surface area (Å²) in [6.07, 6.45) is 0. The van der Waals surface area contributed by atoms with Crippen molar-refractivity contribution in [2.45, 2.75) is 0 Å². The summed E-state index contributed by atoms with van der Waals surface area (Å²) in [5, 5.41) is 8.96. The van der Waals surface area contributed by atoms with Crippen molar-refractivity contribution in [2.24, 2.45) is 0 Å². The second-order valence-electron chi connectivity index (χ2n) is 6.60. The Kier molecular flexibility index (Phi) is 4.02. The molecule has 29 heavy (non-hydrogen) atoms. The molecule has 140 valence electrons. The Balaban J connectivity index is 1.70. The van der Waals surface area contributed by atoms with Crippen LogP contribution in [0.5, 0.6) is 5.75 Å². The molecule has 0 fully saturated rings. The molecular formula is C23H16N4O2. The molecule has 5 aromatic rings. The summed E-state index contributed by atoms with van der Waals surface area (Å²) in [7, 11) is 1.63. The van der Waals surface area contributed by atoms with Crippen molar-refractivity contribution in [1.29, 1.82) is 0 Å². The van der Waals surface area contributed by atoms with E-state index in [9.17, 15) is 4.79 Å². The molecular weight excluding hydrogens is 364 g/mol. The van der Waals surface area contributed by atoms with Gasteiger partial charge in [0.1, 0.15) is 11.3 Å². The molecule has 5 rings (SSSR count). The fourth-order valence-corrected chi connectivity index (χ4v) is 3.40. The van der Waals surface area contributed by atoms with Crippen LogP contribution in [0.2, 0.25) is 0 Å². The van der Waals surface area contributed by atoms with Gasteiger partial charge in [-0.1, -0.05) is 35.5 Å². The van der Waals surface area contributed by atoms with E-state index >= 15 is 0 Å². The highest BCUT2D eigenvalue weighted by atomic mass is 16.5. The van der Waals surface area contributed by atoms with Crippen molar-refractivity contribution < 1.29 is 9.53 Å². The summed E-state index contributed by atoms with van der Waals surface area (Å²) in [4.78, 5) is 18.2. The molecule has 0 saturated carbocycles. The number of hydrogen-bond acceptors (Lipinski definition) is 5. The average Bonchev–Trinajstić information content (AvgIpc) is 3.22. The van der Waals surface area contributed by atoms with Crippen LogP contribution in [0, 0.1) is 0 Å². The lowest BCUT2D eigenvalue weighted by atomic mass is 10.0. The number of pyridine rings is 1. The van der Waals surface area contributed by atoms with Crippen LogP contribution in [0.15, 0.2) is 78.9 Å². The smallest absolute Gasteiger partial charge is 0.280 e.